The van der Waals surface area contributed by atoms with E-state index in [0.29, 0.717) is 39.1 Å². The summed E-state index contributed by atoms with van der Waals surface area (Å²) >= 11 is 4.90. The van der Waals surface area contributed by atoms with E-state index in [2.05, 4.69) is 20.9 Å². The van der Waals surface area contributed by atoms with Crippen molar-refractivity contribution >= 4 is 50.8 Å². The number of methoxy groups -OCH3 is 1. The number of aliphatic imine (C=N–C) groups is 1. The van der Waals surface area contributed by atoms with E-state index in [-0.39, 0.29) is 18.1 Å². The molecule has 168 valence electrons. The van der Waals surface area contributed by atoms with Crippen LogP contribution in [0.3, 0.4) is 0 Å². The second kappa shape index (κ2) is 10.7. The molecule has 1 fully saturated rings. The first-order valence-corrected chi connectivity index (χ1v) is 11.6. The Morgan fingerprint density at radius 3 is 2.56 bits per heavy atom. The SMILES string of the molecule is CCN=C1S/C(=C\c2cc(Br)c(OCc3ccc(C(=O)O)cc3)c(OC)c2)C(=O)N1CC. The van der Waals surface area contributed by atoms with Crippen LogP contribution in [0.1, 0.15) is 35.3 Å². The molecule has 0 radical (unpaired) electrons. The fraction of sp³-hybridized carbons (Fsp3) is 0.261. The Kier molecular flexibility index (Phi) is 7.98. The van der Waals surface area contributed by atoms with Crippen LogP contribution in [0.25, 0.3) is 6.08 Å². The van der Waals surface area contributed by atoms with Gasteiger partial charge in [-0.15, -0.1) is 0 Å². The van der Waals surface area contributed by atoms with Gasteiger partial charge in [-0.2, -0.15) is 0 Å². The van der Waals surface area contributed by atoms with Crippen LogP contribution in [0.15, 0.2) is 50.8 Å². The Balaban J connectivity index is 1.82. The standard InChI is InChI=1S/C23H23BrN2O5S/c1-4-25-23-26(5-2)21(27)19(32-23)12-15-10-17(24)20(18(11-15)30-3)31-13-14-6-8-16(9-7-14)22(28)29/h6-12H,4-5,13H2,1-3H3,(H,28,29)/b19-12-,25-23?. The van der Waals surface area contributed by atoms with Crippen molar-refractivity contribution in [3.63, 3.8) is 0 Å². The number of hydrogen-bond acceptors (Lipinski definition) is 6. The molecule has 9 heteroatoms. The van der Waals surface area contributed by atoms with Gasteiger partial charge in [0.15, 0.2) is 16.7 Å². The van der Waals surface area contributed by atoms with Gasteiger partial charge in [0.25, 0.3) is 5.91 Å². The van der Waals surface area contributed by atoms with E-state index in [0.717, 1.165) is 11.1 Å². The molecule has 0 atom stereocenters. The van der Waals surface area contributed by atoms with Crippen molar-refractivity contribution in [1.82, 2.24) is 4.90 Å². The minimum Gasteiger partial charge on any atom is -0.493 e. The summed E-state index contributed by atoms with van der Waals surface area (Å²) in [4.78, 5) is 30.4. The lowest BCUT2D eigenvalue weighted by Gasteiger charge is -2.14. The third kappa shape index (κ3) is 5.34. The largest absolute Gasteiger partial charge is 0.493 e. The lowest BCUT2D eigenvalue weighted by atomic mass is 10.1. The quantitative estimate of drug-likeness (QED) is 0.492. The van der Waals surface area contributed by atoms with Gasteiger partial charge < -0.3 is 14.6 Å². The number of rotatable bonds is 8. The summed E-state index contributed by atoms with van der Waals surface area (Å²) in [7, 11) is 1.55. The average molecular weight is 519 g/mol. The molecule has 0 aliphatic carbocycles. The highest BCUT2D eigenvalue weighted by Crippen LogP contribution is 2.39. The minimum atomic E-state index is -0.972. The number of hydrogen-bond donors (Lipinski definition) is 1. The van der Waals surface area contributed by atoms with Gasteiger partial charge in [-0.25, -0.2) is 4.79 Å². The number of likely N-dealkylation sites (N-methyl/N-ethyl adjacent to an activating group) is 1. The number of aromatic carboxylic acids is 1. The van der Waals surface area contributed by atoms with Crippen LogP contribution in [0.4, 0.5) is 0 Å². The molecule has 2 aromatic carbocycles. The first kappa shape index (κ1) is 23.9. The molecule has 0 bridgehead atoms. The number of carbonyl (C=O) groups excluding carboxylic acids is 1. The second-order valence-electron chi connectivity index (χ2n) is 6.74. The van der Waals surface area contributed by atoms with Gasteiger partial charge >= 0.3 is 5.97 Å². The summed E-state index contributed by atoms with van der Waals surface area (Å²) in [6.07, 6.45) is 1.82. The number of carboxylic acids is 1. The molecule has 7 nitrogen and oxygen atoms in total. The maximum atomic E-state index is 12.7. The van der Waals surface area contributed by atoms with Gasteiger partial charge in [-0.05, 0) is 83.0 Å². The van der Waals surface area contributed by atoms with Crippen LogP contribution in [-0.2, 0) is 11.4 Å². The van der Waals surface area contributed by atoms with Crippen LogP contribution in [0, 0.1) is 0 Å². The summed E-state index contributed by atoms with van der Waals surface area (Å²) in [5.74, 6) is -0.00466. The van der Waals surface area contributed by atoms with Crippen molar-refractivity contribution in [2.24, 2.45) is 4.99 Å². The molecule has 1 saturated heterocycles. The highest BCUT2D eigenvalue weighted by atomic mass is 79.9. The van der Waals surface area contributed by atoms with Gasteiger partial charge in [0, 0.05) is 13.1 Å². The van der Waals surface area contributed by atoms with Crippen LogP contribution in [0.2, 0.25) is 0 Å². The predicted molar refractivity (Wildman–Crippen MR) is 129 cm³/mol. The lowest BCUT2D eigenvalue weighted by molar-refractivity contribution is -0.122. The molecular formula is C23H23BrN2O5S. The Morgan fingerprint density at radius 2 is 1.97 bits per heavy atom. The molecule has 0 aromatic heterocycles. The van der Waals surface area contributed by atoms with Crippen molar-refractivity contribution in [3.8, 4) is 11.5 Å². The summed E-state index contributed by atoms with van der Waals surface area (Å²) in [6, 6.07) is 10.2. The van der Waals surface area contributed by atoms with Gasteiger partial charge in [0.1, 0.15) is 6.61 Å². The Labute approximate surface area is 199 Å². The smallest absolute Gasteiger partial charge is 0.335 e. The Morgan fingerprint density at radius 1 is 1.25 bits per heavy atom. The topological polar surface area (TPSA) is 88.4 Å². The van der Waals surface area contributed by atoms with E-state index in [1.807, 2.05) is 26.0 Å². The molecule has 1 aliphatic heterocycles. The molecule has 2 aromatic rings. The average Bonchev–Trinajstić information content (AvgIpc) is 3.07. The van der Waals surface area contributed by atoms with E-state index < -0.39 is 5.97 Å². The number of amidine groups is 1. The Bertz CT molecular complexity index is 1080. The first-order chi connectivity index (χ1) is 15.4. The van der Waals surface area contributed by atoms with Crippen LogP contribution in [-0.4, -0.2) is 47.2 Å². The highest BCUT2D eigenvalue weighted by Gasteiger charge is 2.31. The molecular weight excluding hydrogens is 496 g/mol. The fourth-order valence-corrected chi connectivity index (χ4v) is 4.73. The summed E-state index contributed by atoms with van der Waals surface area (Å²) in [5.41, 5.74) is 1.83. The normalized spacial score (nSPS) is 16.1. The molecule has 32 heavy (non-hydrogen) atoms. The van der Waals surface area contributed by atoms with Gasteiger partial charge in [0.05, 0.1) is 22.1 Å². The maximum absolute atomic E-state index is 12.7. The Hall–Kier alpha value is -2.78. The zero-order valence-corrected chi connectivity index (χ0v) is 20.3. The molecule has 3 rings (SSSR count). The predicted octanol–water partition coefficient (Wildman–Crippen LogP) is 5.05. The molecule has 0 unspecified atom stereocenters. The van der Waals surface area contributed by atoms with E-state index in [9.17, 15) is 9.59 Å². The highest BCUT2D eigenvalue weighted by molar-refractivity contribution is 9.10. The minimum absolute atomic E-state index is 0.0649. The van der Waals surface area contributed by atoms with E-state index in [1.54, 1.807) is 30.2 Å². The van der Waals surface area contributed by atoms with Crippen molar-refractivity contribution in [3.05, 3.63) is 62.5 Å². The summed E-state index contributed by atoms with van der Waals surface area (Å²) in [6.45, 7) is 5.29. The van der Waals surface area contributed by atoms with Crippen molar-refractivity contribution < 1.29 is 24.2 Å². The second-order valence-corrected chi connectivity index (χ2v) is 8.61. The lowest BCUT2D eigenvalue weighted by Crippen LogP contribution is -2.28. The van der Waals surface area contributed by atoms with E-state index >= 15 is 0 Å². The van der Waals surface area contributed by atoms with Crippen molar-refractivity contribution in [2.45, 2.75) is 20.5 Å². The zero-order valence-electron chi connectivity index (χ0n) is 17.9. The van der Waals surface area contributed by atoms with E-state index in [4.69, 9.17) is 14.6 Å². The number of nitrogens with zero attached hydrogens (tertiary/aromatic N) is 2. The zero-order chi connectivity index (χ0) is 23.3. The maximum Gasteiger partial charge on any atom is 0.335 e. The van der Waals surface area contributed by atoms with Crippen LogP contribution < -0.4 is 9.47 Å². The number of carbonyl (C=O) groups is 2. The third-order valence-corrected chi connectivity index (χ3v) is 6.26. The molecule has 1 aliphatic rings. The fourth-order valence-electron chi connectivity index (χ4n) is 3.05. The molecule has 0 saturated carbocycles. The number of ether oxygens (including phenoxy) is 2. The number of amides is 1. The first-order valence-electron chi connectivity index (χ1n) is 9.96. The molecule has 1 amide bonds. The molecule has 0 spiro atoms. The number of thioether (sulfide) groups is 1. The van der Waals surface area contributed by atoms with E-state index in [1.165, 1.54) is 23.9 Å². The number of carboxylic acid groups (broad SMARTS) is 1. The summed E-state index contributed by atoms with van der Waals surface area (Å²) in [5, 5.41) is 9.73. The van der Waals surface area contributed by atoms with Gasteiger partial charge in [-0.1, -0.05) is 12.1 Å². The van der Waals surface area contributed by atoms with Crippen LogP contribution >= 0.6 is 27.7 Å². The van der Waals surface area contributed by atoms with Crippen molar-refractivity contribution in [2.75, 3.05) is 20.2 Å². The monoisotopic (exact) mass is 518 g/mol. The van der Waals surface area contributed by atoms with Crippen LogP contribution in [0.5, 0.6) is 11.5 Å². The summed E-state index contributed by atoms with van der Waals surface area (Å²) < 4.78 is 12.1. The number of benzene rings is 2. The molecule has 1 N–H and O–H groups in total. The van der Waals surface area contributed by atoms with Gasteiger partial charge in [0.2, 0.25) is 0 Å². The molecule has 1 heterocycles. The third-order valence-electron chi connectivity index (χ3n) is 4.63. The van der Waals surface area contributed by atoms with Gasteiger partial charge in [-0.3, -0.25) is 14.7 Å². The number of halogens is 1. The van der Waals surface area contributed by atoms with Crippen molar-refractivity contribution in [1.29, 1.82) is 0 Å².